The average Bonchev–Trinajstić information content (AvgIpc) is 2.80. The fourth-order valence-corrected chi connectivity index (χ4v) is 2.57. The fourth-order valence-electron chi connectivity index (χ4n) is 2.57. The molecule has 0 aromatic heterocycles. The second-order valence-electron chi connectivity index (χ2n) is 5.37. The molecule has 1 aliphatic heterocycles. The van der Waals surface area contributed by atoms with Crippen LogP contribution in [0.5, 0.6) is 0 Å². The second kappa shape index (κ2) is 5.54. The molecule has 2 N–H and O–H groups in total. The lowest BCUT2D eigenvalue weighted by atomic mass is 9.98. The topological polar surface area (TPSA) is 24.1 Å². The van der Waals surface area contributed by atoms with Crippen LogP contribution in [-0.2, 0) is 0 Å². The summed E-state index contributed by atoms with van der Waals surface area (Å²) in [5, 5.41) is 7.17. The van der Waals surface area contributed by atoms with Gasteiger partial charge in [-0.05, 0) is 43.4 Å². The highest BCUT2D eigenvalue weighted by Gasteiger charge is 2.15. The number of rotatable bonds is 4. The number of hydrogen-bond acceptors (Lipinski definition) is 2. The van der Waals surface area contributed by atoms with E-state index in [9.17, 15) is 0 Å². The van der Waals surface area contributed by atoms with E-state index in [4.69, 9.17) is 0 Å². The van der Waals surface area contributed by atoms with Gasteiger partial charge in [-0.1, -0.05) is 32.0 Å². The summed E-state index contributed by atoms with van der Waals surface area (Å²) >= 11 is 0. The molecule has 1 fully saturated rings. The molecule has 17 heavy (non-hydrogen) atoms. The quantitative estimate of drug-likeness (QED) is 0.832. The Labute approximate surface area is 105 Å². The molecular weight excluding hydrogens is 208 g/mol. The molecule has 0 spiro atoms. The Morgan fingerprint density at radius 3 is 2.88 bits per heavy atom. The molecule has 1 heterocycles. The first-order valence-corrected chi connectivity index (χ1v) is 6.75. The van der Waals surface area contributed by atoms with Gasteiger partial charge in [-0.15, -0.1) is 0 Å². The Morgan fingerprint density at radius 1 is 1.41 bits per heavy atom. The van der Waals surface area contributed by atoms with Crippen molar-refractivity contribution in [3.8, 4) is 0 Å². The van der Waals surface area contributed by atoms with Crippen LogP contribution in [0.25, 0.3) is 0 Å². The van der Waals surface area contributed by atoms with Crippen molar-refractivity contribution in [3.05, 3.63) is 29.3 Å². The third kappa shape index (κ3) is 3.01. The maximum atomic E-state index is 3.64. The highest BCUT2D eigenvalue weighted by molar-refractivity contribution is 5.58. The van der Waals surface area contributed by atoms with Gasteiger partial charge in [-0.2, -0.15) is 0 Å². The molecule has 1 unspecified atom stereocenters. The molecule has 2 nitrogen and oxygen atoms in total. The molecule has 1 atom stereocenters. The summed E-state index contributed by atoms with van der Waals surface area (Å²) in [6.07, 6.45) is 2.62. The van der Waals surface area contributed by atoms with Gasteiger partial charge in [-0.3, -0.25) is 0 Å². The van der Waals surface area contributed by atoms with E-state index in [1.807, 2.05) is 0 Å². The Bertz CT molecular complexity index is 365. The van der Waals surface area contributed by atoms with E-state index < -0.39 is 0 Å². The van der Waals surface area contributed by atoms with E-state index in [1.165, 1.54) is 36.2 Å². The van der Waals surface area contributed by atoms with E-state index in [1.54, 1.807) is 0 Å². The van der Waals surface area contributed by atoms with Crippen LogP contribution in [0.1, 0.15) is 43.7 Å². The number of nitrogens with one attached hydrogen (secondary N) is 2. The van der Waals surface area contributed by atoms with E-state index in [0.717, 1.165) is 6.54 Å². The summed E-state index contributed by atoms with van der Waals surface area (Å²) in [5.74, 6) is 0.578. The summed E-state index contributed by atoms with van der Waals surface area (Å²) in [5.41, 5.74) is 4.13. The van der Waals surface area contributed by atoms with E-state index in [0.29, 0.717) is 12.0 Å². The second-order valence-corrected chi connectivity index (χ2v) is 5.37. The highest BCUT2D eigenvalue weighted by atomic mass is 15.0. The first-order chi connectivity index (χ1) is 8.18. The lowest BCUT2D eigenvalue weighted by Crippen LogP contribution is -2.29. The van der Waals surface area contributed by atoms with Crippen LogP contribution in [0.2, 0.25) is 0 Å². The molecule has 0 aliphatic carbocycles. The van der Waals surface area contributed by atoms with E-state index in [-0.39, 0.29) is 0 Å². The molecule has 1 aromatic rings. The number of hydrogen-bond donors (Lipinski definition) is 2. The molecule has 0 amide bonds. The van der Waals surface area contributed by atoms with Gasteiger partial charge in [0.2, 0.25) is 0 Å². The Kier molecular flexibility index (Phi) is 4.06. The molecule has 2 heteroatoms. The number of anilines is 1. The van der Waals surface area contributed by atoms with Crippen LogP contribution in [0, 0.1) is 6.92 Å². The van der Waals surface area contributed by atoms with Gasteiger partial charge in [0.15, 0.2) is 0 Å². The van der Waals surface area contributed by atoms with Crippen LogP contribution >= 0.6 is 0 Å². The average molecular weight is 232 g/mol. The first-order valence-electron chi connectivity index (χ1n) is 6.75. The predicted octanol–water partition coefficient (Wildman–Crippen LogP) is 3.28. The van der Waals surface area contributed by atoms with Gasteiger partial charge in [0.25, 0.3) is 0 Å². The maximum Gasteiger partial charge on any atom is 0.0405 e. The van der Waals surface area contributed by atoms with E-state index in [2.05, 4.69) is 49.6 Å². The summed E-state index contributed by atoms with van der Waals surface area (Å²) in [6, 6.07) is 7.23. The van der Waals surface area contributed by atoms with Gasteiger partial charge in [0.05, 0.1) is 0 Å². The minimum atomic E-state index is 0.578. The van der Waals surface area contributed by atoms with Gasteiger partial charge in [0, 0.05) is 18.3 Å². The van der Waals surface area contributed by atoms with E-state index >= 15 is 0 Å². The Hall–Kier alpha value is -1.02. The van der Waals surface area contributed by atoms with Crippen LogP contribution < -0.4 is 10.6 Å². The van der Waals surface area contributed by atoms with Crippen LogP contribution in [0.15, 0.2) is 18.2 Å². The van der Waals surface area contributed by atoms with Gasteiger partial charge in [0.1, 0.15) is 0 Å². The zero-order valence-electron chi connectivity index (χ0n) is 11.2. The molecule has 1 aliphatic rings. The van der Waals surface area contributed by atoms with Crippen molar-refractivity contribution in [2.24, 2.45) is 0 Å². The molecule has 2 rings (SSSR count). The molecule has 94 valence electrons. The van der Waals surface area contributed by atoms with Crippen LogP contribution in [-0.4, -0.2) is 19.1 Å². The minimum Gasteiger partial charge on any atom is -0.383 e. The zero-order chi connectivity index (χ0) is 12.3. The number of aryl methyl sites for hydroxylation is 1. The van der Waals surface area contributed by atoms with Gasteiger partial charge in [-0.25, -0.2) is 0 Å². The third-order valence-corrected chi connectivity index (χ3v) is 3.61. The Morgan fingerprint density at radius 2 is 2.24 bits per heavy atom. The van der Waals surface area contributed by atoms with Gasteiger partial charge < -0.3 is 10.6 Å². The summed E-state index contributed by atoms with van der Waals surface area (Å²) in [7, 11) is 0. The monoisotopic (exact) mass is 232 g/mol. The number of benzene rings is 1. The standard InChI is InChI=1S/C15H24N2/c1-11(2)14-8-4-6-12(3)15(14)17-10-13-7-5-9-16-13/h4,6,8,11,13,16-17H,5,7,9-10H2,1-3H3. The molecule has 0 bridgehead atoms. The minimum absolute atomic E-state index is 0.578. The van der Waals surface area contributed by atoms with Gasteiger partial charge >= 0.3 is 0 Å². The summed E-state index contributed by atoms with van der Waals surface area (Å²) < 4.78 is 0. The first kappa shape index (κ1) is 12.4. The Balaban J connectivity index is 2.07. The van der Waals surface area contributed by atoms with Crippen molar-refractivity contribution < 1.29 is 0 Å². The van der Waals surface area contributed by atoms with Crippen molar-refractivity contribution in [2.45, 2.75) is 45.6 Å². The summed E-state index contributed by atoms with van der Waals surface area (Å²) in [4.78, 5) is 0. The largest absolute Gasteiger partial charge is 0.383 e. The normalized spacial score (nSPS) is 19.9. The molecule has 1 aromatic carbocycles. The molecule has 0 saturated carbocycles. The summed E-state index contributed by atoms with van der Waals surface area (Å²) in [6.45, 7) is 8.93. The van der Waals surface area contributed by atoms with Crippen molar-refractivity contribution in [2.75, 3.05) is 18.4 Å². The predicted molar refractivity (Wildman–Crippen MR) is 74.8 cm³/mol. The fraction of sp³-hybridized carbons (Fsp3) is 0.600. The highest BCUT2D eigenvalue weighted by Crippen LogP contribution is 2.27. The molecule has 1 saturated heterocycles. The maximum absolute atomic E-state index is 3.64. The van der Waals surface area contributed by atoms with Crippen molar-refractivity contribution in [1.29, 1.82) is 0 Å². The lowest BCUT2D eigenvalue weighted by Gasteiger charge is -2.19. The SMILES string of the molecule is Cc1cccc(C(C)C)c1NCC1CCCN1. The van der Waals surface area contributed by atoms with Crippen molar-refractivity contribution in [1.82, 2.24) is 5.32 Å². The number of para-hydroxylation sites is 1. The molecular formula is C15H24N2. The van der Waals surface area contributed by atoms with Crippen LogP contribution in [0.3, 0.4) is 0 Å². The lowest BCUT2D eigenvalue weighted by molar-refractivity contribution is 0.632. The van der Waals surface area contributed by atoms with Crippen molar-refractivity contribution in [3.63, 3.8) is 0 Å². The zero-order valence-corrected chi connectivity index (χ0v) is 11.2. The van der Waals surface area contributed by atoms with Crippen LogP contribution in [0.4, 0.5) is 5.69 Å². The smallest absolute Gasteiger partial charge is 0.0405 e. The van der Waals surface area contributed by atoms with Crippen molar-refractivity contribution >= 4 is 5.69 Å². The third-order valence-electron chi connectivity index (χ3n) is 3.61. The molecule has 0 radical (unpaired) electrons.